The Labute approximate surface area is 195 Å². The van der Waals surface area contributed by atoms with E-state index < -0.39 is 15.8 Å². The molecule has 0 saturated carbocycles. The second-order valence-electron chi connectivity index (χ2n) is 8.89. The van der Waals surface area contributed by atoms with Crippen LogP contribution in [-0.2, 0) is 14.8 Å². The molecule has 2 aliphatic heterocycles. The maximum absolute atomic E-state index is 14.0. The Morgan fingerprint density at radius 2 is 1.67 bits per heavy atom. The fourth-order valence-corrected chi connectivity index (χ4v) is 6.07. The molecule has 2 aromatic rings. The van der Waals surface area contributed by atoms with Crippen LogP contribution in [0.15, 0.2) is 47.4 Å². The molecule has 2 fully saturated rings. The number of piperidine rings is 1. The predicted octanol–water partition coefficient (Wildman–Crippen LogP) is 2.93. The lowest BCUT2D eigenvalue weighted by molar-refractivity contribution is -0.120. The monoisotopic (exact) mass is 474 g/mol. The number of sulfonamides is 1. The highest BCUT2D eigenvalue weighted by Crippen LogP contribution is 2.28. The second-order valence-corrected chi connectivity index (χ2v) is 10.8. The van der Waals surface area contributed by atoms with Crippen LogP contribution in [0.25, 0.3) is 0 Å². The van der Waals surface area contributed by atoms with Gasteiger partial charge in [-0.15, -0.1) is 0 Å². The minimum absolute atomic E-state index is 0.107. The van der Waals surface area contributed by atoms with Crippen molar-refractivity contribution in [3.63, 3.8) is 0 Å². The van der Waals surface area contributed by atoms with Crippen molar-refractivity contribution in [1.29, 1.82) is 0 Å². The number of hydrogen-bond acceptors (Lipinski definition) is 5. The van der Waals surface area contributed by atoms with Crippen LogP contribution in [0.5, 0.6) is 0 Å². The second kappa shape index (κ2) is 9.79. The van der Waals surface area contributed by atoms with Crippen LogP contribution in [0.3, 0.4) is 0 Å². The molecule has 0 bridgehead atoms. The van der Waals surface area contributed by atoms with E-state index in [1.165, 1.54) is 28.2 Å². The van der Waals surface area contributed by atoms with Crippen molar-refractivity contribution in [2.45, 2.75) is 24.7 Å². The van der Waals surface area contributed by atoms with Crippen LogP contribution >= 0.6 is 0 Å². The largest absolute Gasteiger partial charge is 0.369 e. The smallest absolute Gasteiger partial charge is 0.245 e. The first-order valence-electron chi connectivity index (χ1n) is 11.4. The third-order valence-electron chi connectivity index (χ3n) is 6.59. The SMILES string of the molecule is Cc1cc(NC(=O)C2CCN(S(=O)(=O)c3ccccc3F)CC2)ccc1N1CCN(C)CC1. The molecule has 2 aliphatic rings. The molecule has 0 unspecified atom stereocenters. The Hall–Kier alpha value is -2.49. The number of rotatable bonds is 5. The van der Waals surface area contributed by atoms with Crippen molar-refractivity contribution in [3.8, 4) is 0 Å². The molecule has 2 saturated heterocycles. The summed E-state index contributed by atoms with van der Waals surface area (Å²) in [6.07, 6.45) is 0.801. The number of nitrogens with one attached hydrogen (secondary N) is 1. The molecule has 1 amide bonds. The number of halogens is 1. The molecule has 7 nitrogen and oxygen atoms in total. The summed E-state index contributed by atoms with van der Waals surface area (Å²) in [7, 11) is -1.78. The number of nitrogens with zero attached hydrogens (tertiary/aromatic N) is 3. The van der Waals surface area contributed by atoms with Gasteiger partial charge in [-0.2, -0.15) is 4.31 Å². The number of amides is 1. The molecule has 33 heavy (non-hydrogen) atoms. The average Bonchev–Trinajstić information content (AvgIpc) is 2.80. The number of aryl methyl sites for hydroxylation is 1. The van der Waals surface area contributed by atoms with Crippen molar-refractivity contribution < 1.29 is 17.6 Å². The molecule has 0 aliphatic carbocycles. The fourth-order valence-electron chi connectivity index (χ4n) is 4.53. The van der Waals surface area contributed by atoms with Crippen LogP contribution in [0.1, 0.15) is 18.4 Å². The van der Waals surface area contributed by atoms with Crippen LogP contribution in [-0.4, -0.2) is 69.8 Å². The van der Waals surface area contributed by atoms with E-state index in [1.807, 2.05) is 12.1 Å². The molecule has 2 aromatic carbocycles. The summed E-state index contributed by atoms with van der Waals surface area (Å²) in [6, 6.07) is 11.4. The standard InChI is InChI=1S/C24H31FN4O3S/c1-18-17-20(7-8-22(18)28-15-13-27(2)14-16-28)26-24(30)19-9-11-29(12-10-19)33(31,32)23-6-4-3-5-21(23)25/h3-8,17,19H,9-16H2,1-2H3,(H,26,30). The molecule has 178 valence electrons. The van der Waals surface area contributed by atoms with Crippen LogP contribution in [0.2, 0.25) is 0 Å². The average molecular weight is 475 g/mol. The van der Waals surface area contributed by atoms with E-state index in [2.05, 4.69) is 35.2 Å². The molecule has 0 spiro atoms. The molecule has 2 heterocycles. The van der Waals surface area contributed by atoms with Gasteiger partial charge in [-0.25, -0.2) is 12.8 Å². The topological polar surface area (TPSA) is 73.0 Å². The number of piperazine rings is 1. The highest BCUT2D eigenvalue weighted by Gasteiger charge is 2.33. The molecular formula is C24H31FN4O3S. The summed E-state index contributed by atoms with van der Waals surface area (Å²) in [4.78, 5) is 17.2. The molecule has 1 N–H and O–H groups in total. The molecule has 9 heteroatoms. The molecule has 0 aromatic heterocycles. The Balaban J connectivity index is 1.35. The lowest BCUT2D eigenvalue weighted by Crippen LogP contribution is -2.44. The zero-order valence-corrected chi connectivity index (χ0v) is 19.9. The first-order chi connectivity index (χ1) is 15.8. The Bertz CT molecular complexity index is 1110. The van der Waals surface area contributed by atoms with E-state index in [4.69, 9.17) is 0 Å². The van der Waals surface area contributed by atoms with Crippen molar-refractivity contribution in [3.05, 3.63) is 53.8 Å². The molecule has 4 rings (SSSR count). The zero-order chi connectivity index (χ0) is 23.6. The van der Waals surface area contributed by atoms with E-state index in [1.54, 1.807) is 0 Å². The van der Waals surface area contributed by atoms with Crippen LogP contribution < -0.4 is 10.2 Å². The minimum atomic E-state index is -3.91. The summed E-state index contributed by atoms with van der Waals surface area (Å²) < 4.78 is 40.8. The number of benzene rings is 2. The zero-order valence-electron chi connectivity index (χ0n) is 19.1. The highest BCUT2D eigenvalue weighted by molar-refractivity contribution is 7.89. The summed E-state index contributed by atoms with van der Waals surface area (Å²) in [5, 5.41) is 2.99. The Kier molecular flexibility index (Phi) is 7.02. The summed E-state index contributed by atoms with van der Waals surface area (Å²) >= 11 is 0. The molecule has 0 radical (unpaired) electrons. The van der Waals surface area contributed by atoms with Gasteiger partial charge in [0.2, 0.25) is 15.9 Å². The third-order valence-corrected chi connectivity index (χ3v) is 8.52. The quantitative estimate of drug-likeness (QED) is 0.722. The van der Waals surface area contributed by atoms with Gasteiger partial charge in [0.15, 0.2) is 0 Å². The maximum Gasteiger partial charge on any atom is 0.245 e. The fraction of sp³-hybridized carbons (Fsp3) is 0.458. The first kappa shape index (κ1) is 23.7. The number of hydrogen-bond donors (Lipinski definition) is 1. The van der Waals surface area contributed by atoms with Gasteiger partial charge in [0.05, 0.1) is 0 Å². The van der Waals surface area contributed by atoms with Crippen molar-refractivity contribution >= 4 is 27.3 Å². The maximum atomic E-state index is 14.0. The van der Waals surface area contributed by atoms with E-state index in [0.29, 0.717) is 12.8 Å². The number of likely N-dealkylation sites (N-methyl/N-ethyl adjacent to an activating group) is 1. The van der Waals surface area contributed by atoms with E-state index >= 15 is 0 Å². The summed E-state index contributed by atoms with van der Waals surface area (Å²) in [6.45, 7) is 6.46. The van der Waals surface area contributed by atoms with Crippen LogP contribution in [0.4, 0.5) is 15.8 Å². The molecular weight excluding hydrogens is 443 g/mol. The van der Waals surface area contributed by atoms with Gasteiger partial charge in [0.1, 0.15) is 10.7 Å². The van der Waals surface area contributed by atoms with Gasteiger partial charge >= 0.3 is 0 Å². The van der Waals surface area contributed by atoms with Crippen molar-refractivity contribution in [2.75, 3.05) is 56.5 Å². The van der Waals surface area contributed by atoms with Crippen LogP contribution in [0, 0.1) is 18.7 Å². The van der Waals surface area contributed by atoms with E-state index in [9.17, 15) is 17.6 Å². The first-order valence-corrected chi connectivity index (χ1v) is 12.8. The number of carbonyl (C=O) groups is 1. The third kappa shape index (κ3) is 5.20. The van der Waals surface area contributed by atoms with Crippen molar-refractivity contribution in [1.82, 2.24) is 9.21 Å². The van der Waals surface area contributed by atoms with Gasteiger partial charge < -0.3 is 15.1 Å². The predicted molar refractivity (Wildman–Crippen MR) is 127 cm³/mol. The highest BCUT2D eigenvalue weighted by atomic mass is 32.2. The Morgan fingerprint density at radius 1 is 1.00 bits per heavy atom. The van der Waals surface area contributed by atoms with Gasteiger partial charge in [0.25, 0.3) is 0 Å². The van der Waals surface area contributed by atoms with E-state index in [0.717, 1.165) is 43.5 Å². The normalized spacial score (nSPS) is 18.9. The van der Waals surface area contributed by atoms with Gasteiger partial charge in [-0.1, -0.05) is 12.1 Å². The van der Waals surface area contributed by atoms with Gasteiger partial charge in [-0.05, 0) is 62.7 Å². The lowest BCUT2D eigenvalue weighted by Gasteiger charge is -2.35. The lowest BCUT2D eigenvalue weighted by atomic mass is 9.97. The van der Waals surface area contributed by atoms with Gasteiger partial charge in [0, 0.05) is 56.6 Å². The van der Waals surface area contributed by atoms with Crippen molar-refractivity contribution in [2.24, 2.45) is 5.92 Å². The summed E-state index contributed by atoms with van der Waals surface area (Å²) in [5.74, 6) is -1.15. The van der Waals surface area contributed by atoms with E-state index in [-0.39, 0.29) is 29.8 Å². The summed E-state index contributed by atoms with van der Waals surface area (Å²) in [5.41, 5.74) is 3.05. The Morgan fingerprint density at radius 3 is 2.30 bits per heavy atom. The molecule has 0 atom stereocenters. The number of anilines is 2. The van der Waals surface area contributed by atoms with Gasteiger partial charge in [-0.3, -0.25) is 4.79 Å². The minimum Gasteiger partial charge on any atom is -0.369 e. The number of carbonyl (C=O) groups excluding carboxylic acids is 1.